The quantitative estimate of drug-likeness (QED) is 0.759. The molecular formula is C20H22ClN5O3. The zero-order valence-electron chi connectivity index (χ0n) is 16.0. The molecule has 2 amide bonds. The third kappa shape index (κ3) is 4.42. The highest BCUT2D eigenvalue weighted by Gasteiger charge is 2.26. The molecule has 0 N–H and O–H groups in total. The number of nitrogens with zero attached hydrogens (tertiary/aromatic N) is 5. The normalized spacial score (nSPS) is 16.2. The van der Waals surface area contributed by atoms with Gasteiger partial charge in [-0.25, -0.2) is 9.97 Å². The van der Waals surface area contributed by atoms with E-state index in [4.69, 9.17) is 16.3 Å². The van der Waals surface area contributed by atoms with Crippen LogP contribution in [0.1, 0.15) is 12.8 Å². The zero-order valence-corrected chi connectivity index (χ0v) is 16.7. The zero-order chi connectivity index (χ0) is 20.2. The molecule has 1 fully saturated rings. The molecule has 0 saturated carbocycles. The summed E-state index contributed by atoms with van der Waals surface area (Å²) in [6, 6.07) is 7.00. The molecule has 0 spiro atoms. The summed E-state index contributed by atoms with van der Waals surface area (Å²) in [6.07, 6.45) is 3.77. The highest BCUT2D eigenvalue weighted by atomic mass is 35.5. The van der Waals surface area contributed by atoms with Crippen molar-refractivity contribution in [3.63, 3.8) is 0 Å². The van der Waals surface area contributed by atoms with E-state index in [1.165, 1.54) is 0 Å². The van der Waals surface area contributed by atoms with Crippen molar-refractivity contribution in [2.75, 3.05) is 49.1 Å². The van der Waals surface area contributed by atoms with Crippen LogP contribution in [0.25, 0.3) is 0 Å². The van der Waals surface area contributed by atoms with Crippen molar-refractivity contribution in [1.82, 2.24) is 14.9 Å². The molecule has 3 heterocycles. The van der Waals surface area contributed by atoms with Crippen LogP contribution < -0.4 is 14.5 Å². The van der Waals surface area contributed by atoms with Gasteiger partial charge in [0.2, 0.25) is 17.8 Å². The number of hydrogen-bond acceptors (Lipinski definition) is 6. The second-order valence-electron chi connectivity index (χ2n) is 6.92. The van der Waals surface area contributed by atoms with Gasteiger partial charge in [0.15, 0.2) is 0 Å². The summed E-state index contributed by atoms with van der Waals surface area (Å²) in [7, 11) is 0. The SMILES string of the molecule is O=C(CCC(=O)N1CCOc2ccc(Cl)cc21)N1CCN(c2ncccn2)CC1. The highest BCUT2D eigenvalue weighted by molar-refractivity contribution is 6.31. The molecule has 2 aromatic rings. The number of carbonyl (C=O) groups is 2. The van der Waals surface area contributed by atoms with E-state index in [1.807, 2.05) is 0 Å². The molecule has 9 heteroatoms. The molecule has 2 aliphatic heterocycles. The van der Waals surface area contributed by atoms with Crippen LogP contribution >= 0.6 is 11.6 Å². The molecule has 152 valence electrons. The smallest absolute Gasteiger partial charge is 0.227 e. The van der Waals surface area contributed by atoms with Gasteiger partial charge in [0, 0.05) is 56.4 Å². The lowest BCUT2D eigenvalue weighted by Gasteiger charge is -2.35. The Morgan fingerprint density at radius 3 is 2.48 bits per heavy atom. The molecule has 1 aromatic carbocycles. The van der Waals surface area contributed by atoms with Crippen molar-refractivity contribution >= 4 is 35.1 Å². The van der Waals surface area contributed by atoms with E-state index in [0.29, 0.717) is 61.7 Å². The van der Waals surface area contributed by atoms with E-state index in [2.05, 4.69) is 14.9 Å². The van der Waals surface area contributed by atoms with E-state index in [1.54, 1.807) is 46.5 Å². The molecule has 1 aromatic heterocycles. The molecule has 1 saturated heterocycles. The van der Waals surface area contributed by atoms with Gasteiger partial charge in [-0.1, -0.05) is 11.6 Å². The van der Waals surface area contributed by atoms with Crippen LogP contribution in [-0.2, 0) is 9.59 Å². The van der Waals surface area contributed by atoms with Crippen LogP contribution in [0.4, 0.5) is 11.6 Å². The molecular weight excluding hydrogens is 394 g/mol. The largest absolute Gasteiger partial charge is 0.490 e. The molecule has 0 aliphatic carbocycles. The fourth-order valence-electron chi connectivity index (χ4n) is 3.57. The van der Waals surface area contributed by atoms with Crippen LogP contribution in [0.5, 0.6) is 5.75 Å². The van der Waals surface area contributed by atoms with Crippen molar-refractivity contribution in [2.45, 2.75) is 12.8 Å². The first-order valence-electron chi connectivity index (χ1n) is 9.64. The van der Waals surface area contributed by atoms with Crippen molar-refractivity contribution < 1.29 is 14.3 Å². The van der Waals surface area contributed by atoms with Crippen molar-refractivity contribution in [3.05, 3.63) is 41.7 Å². The first-order valence-corrected chi connectivity index (χ1v) is 10.0. The lowest BCUT2D eigenvalue weighted by molar-refractivity contribution is -0.133. The summed E-state index contributed by atoms with van der Waals surface area (Å²) in [4.78, 5) is 39.3. The Bertz CT molecular complexity index is 887. The van der Waals surface area contributed by atoms with E-state index in [9.17, 15) is 9.59 Å². The Hall–Kier alpha value is -2.87. The minimum absolute atomic E-state index is 0.00782. The van der Waals surface area contributed by atoms with Crippen molar-refractivity contribution in [2.24, 2.45) is 0 Å². The molecule has 0 unspecified atom stereocenters. The van der Waals surface area contributed by atoms with Gasteiger partial charge in [0.1, 0.15) is 12.4 Å². The lowest BCUT2D eigenvalue weighted by atomic mass is 10.2. The van der Waals surface area contributed by atoms with Crippen molar-refractivity contribution in [3.8, 4) is 5.75 Å². The minimum atomic E-state index is -0.0958. The maximum absolute atomic E-state index is 12.7. The number of piperazine rings is 1. The molecule has 0 atom stereocenters. The Balaban J connectivity index is 1.29. The average Bonchev–Trinajstić information content (AvgIpc) is 2.77. The van der Waals surface area contributed by atoms with Gasteiger partial charge in [-0.2, -0.15) is 0 Å². The van der Waals surface area contributed by atoms with Crippen LogP contribution in [0, 0.1) is 0 Å². The fourth-order valence-corrected chi connectivity index (χ4v) is 3.73. The van der Waals surface area contributed by atoms with E-state index < -0.39 is 0 Å². The number of fused-ring (bicyclic) bond motifs is 1. The van der Waals surface area contributed by atoms with Gasteiger partial charge in [-0.3, -0.25) is 9.59 Å². The Morgan fingerprint density at radius 2 is 1.72 bits per heavy atom. The Morgan fingerprint density at radius 1 is 1.00 bits per heavy atom. The Labute approximate surface area is 174 Å². The number of ether oxygens (including phenoxy) is 1. The number of halogens is 1. The van der Waals surface area contributed by atoms with Crippen molar-refractivity contribution in [1.29, 1.82) is 0 Å². The summed E-state index contributed by atoms with van der Waals surface area (Å²) in [5, 5.41) is 0.545. The summed E-state index contributed by atoms with van der Waals surface area (Å²) in [5.74, 6) is 1.21. The van der Waals surface area contributed by atoms with E-state index in [-0.39, 0.29) is 24.7 Å². The minimum Gasteiger partial charge on any atom is -0.490 e. The summed E-state index contributed by atoms with van der Waals surface area (Å²) < 4.78 is 5.58. The van der Waals surface area contributed by atoms with Crippen LogP contribution in [0.3, 0.4) is 0 Å². The predicted octanol–water partition coefficient (Wildman–Crippen LogP) is 1.98. The highest BCUT2D eigenvalue weighted by Crippen LogP contribution is 2.34. The summed E-state index contributed by atoms with van der Waals surface area (Å²) in [6.45, 7) is 3.44. The number of carbonyl (C=O) groups excluding carboxylic acids is 2. The van der Waals surface area contributed by atoms with Crippen LogP contribution in [0.15, 0.2) is 36.7 Å². The van der Waals surface area contributed by atoms with Gasteiger partial charge in [-0.05, 0) is 24.3 Å². The molecule has 0 bridgehead atoms. The summed E-state index contributed by atoms with van der Waals surface area (Å²) in [5.41, 5.74) is 0.665. The topological polar surface area (TPSA) is 78.9 Å². The number of rotatable bonds is 4. The molecule has 2 aliphatic rings. The predicted molar refractivity (Wildman–Crippen MR) is 109 cm³/mol. The molecule has 0 radical (unpaired) electrons. The standard InChI is InChI=1S/C20H22ClN5O3/c21-15-2-3-17-16(14-15)26(12-13-29-17)19(28)5-4-18(27)24-8-10-25(11-9-24)20-22-6-1-7-23-20/h1-3,6-7,14H,4-5,8-13H2. The lowest BCUT2D eigenvalue weighted by Crippen LogP contribution is -2.49. The first kappa shape index (κ1) is 19.4. The summed E-state index contributed by atoms with van der Waals surface area (Å²) >= 11 is 6.06. The van der Waals surface area contributed by atoms with Gasteiger partial charge >= 0.3 is 0 Å². The van der Waals surface area contributed by atoms with Crippen LogP contribution in [-0.4, -0.2) is 66.0 Å². The molecule has 4 rings (SSSR count). The number of aromatic nitrogens is 2. The monoisotopic (exact) mass is 415 g/mol. The third-order valence-electron chi connectivity index (χ3n) is 5.11. The Kier molecular flexibility index (Phi) is 5.80. The molecule has 8 nitrogen and oxygen atoms in total. The maximum atomic E-state index is 12.7. The van der Waals surface area contributed by atoms with Gasteiger partial charge in [0.25, 0.3) is 0 Å². The van der Waals surface area contributed by atoms with Gasteiger partial charge < -0.3 is 19.4 Å². The number of anilines is 2. The molecule has 29 heavy (non-hydrogen) atoms. The van der Waals surface area contributed by atoms with Gasteiger partial charge in [-0.15, -0.1) is 0 Å². The number of hydrogen-bond donors (Lipinski definition) is 0. The second kappa shape index (κ2) is 8.65. The van der Waals surface area contributed by atoms with E-state index in [0.717, 1.165) is 0 Å². The number of benzene rings is 1. The van der Waals surface area contributed by atoms with Gasteiger partial charge in [0.05, 0.1) is 12.2 Å². The average molecular weight is 416 g/mol. The van der Waals surface area contributed by atoms with Crippen LogP contribution in [0.2, 0.25) is 5.02 Å². The number of amides is 2. The fraction of sp³-hybridized carbons (Fsp3) is 0.400. The third-order valence-corrected chi connectivity index (χ3v) is 5.34. The maximum Gasteiger partial charge on any atom is 0.227 e. The van der Waals surface area contributed by atoms with E-state index >= 15 is 0 Å². The second-order valence-corrected chi connectivity index (χ2v) is 7.36. The first-order chi connectivity index (χ1) is 14.1.